The molecule has 1 fully saturated rings. The normalized spacial score (nSPS) is 19.9. The Morgan fingerprint density at radius 1 is 1.06 bits per heavy atom. The second-order valence-electron chi connectivity index (χ2n) is 8.16. The van der Waals surface area contributed by atoms with E-state index in [-0.39, 0.29) is 18.0 Å². The molecular formula is C24H27N3O4. The molecule has 0 radical (unpaired) electrons. The van der Waals surface area contributed by atoms with E-state index >= 15 is 0 Å². The van der Waals surface area contributed by atoms with Crippen LogP contribution in [0.3, 0.4) is 0 Å². The Balaban J connectivity index is 1.42. The summed E-state index contributed by atoms with van der Waals surface area (Å²) in [6, 6.07) is 10.8. The summed E-state index contributed by atoms with van der Waals surface area (Å²) >= 11 is 0. The summed E-state index contributed by atoms with van der Waals surface area (Å²) < 4.78 is 11.1. The molecule has 2 aromatic carbocycles. The molecule has 7 heteroatoms. The quantitative estimate of drug-likeness (QED) is 0.814. The van der Waals surface area contributed by atoms with Gasteiger partial charge in [-0.3, -0.25) is 9.59 Å². The molecule has 1 saturated heterocycles. The summed E-state index contributed by atoms with van der Waals surface area (Å²) in [5, 5.41) is 2.94. The Bertz CT molecular complexity index is 1020. The van der Waals surface area contributed by atoms with E-state index in [2.05, 4.69) is 17.1 Å². The minimum absolute atomic E-state index is 0.0728. The van der Waals surface area contributed by atoms with Crippen LogP contribution in [0.4, 0.5) is 11.4 Å². The van der Waals surface area contributed by atoms with Crippen LogP contribution in [0.15, 0.2) is 36.4 Å². The minimum atomic E-state index is -0.216. The van der Waals surface area contributed by atoms with Crippen LogP contribution in [0.1, 0.15) is 53.3 Å². The molecule has 3 aliphatic heterocycles. The highest BCUT2D eigenvalue weighted by Crippen LogP contribution is 2.36. The molecule has 3 aliphatic rings. The van der Waals surface area contributed by atoms with Gasteiger partial charge in [-0.05, 0) is 56.5 Å². The third kappa shape index (κ3) is 3.58. The molecule has 1 N–H and O–H groups in total. The van der Waals surface area contributed by atoms with Crippen molar-refractivity contribution in [2.24, 2.45) is 0 Å². The fourth-order valence-corrected chi connectivity index (χ4v) is 4.76. The number of carbonyl (C=O) groups excluding carboxylic acids is 2. The zero-order valence-corrected chi connectivity index (χ0v) is 17.7. The maximum Gasteiger partial charge on any atom is 0.257 e. The van der Waals surface area contributed by atoms with E-state index < -0.39 is 0 Å². The van der Waals surface area contributed by atoms with Crippen LogP contribution in [-0.2, 0) is 0 Å². The van der Waals surface area contributed by atoms with Gasteiger partial charge in [-0.2, -0.15) is 0 Å². The molecule has 31 heavy (non-hydrogen) atoms. The summed E-state index contributed by atoms with van der Waals surface area (Å²) in [5.74, 6) is 1.17. The SMILES string of the molecule is CCN1c2cc(C(=O)Nc3ccc4c(c3)OCCO4)ccc2C(=O)N2CCCCCC21. The third-order valence-electron chi connectivity index (χ3n) is 6.28. The topological polar surface area (TPSA) is 71.1 Å². The van der Waals surface area contributed by atoms with Gasteiger partial charge in [0.1, 0.15) is 19.4 Å². The number of carbonyl (C=O) groups is 2. The molecule has 2 aromatic rings. The third-order valence-corrected chi connectivity index (χ3v) is 6.28. The molecule has 0 aliphatic carbocycles. The number of ether oxygens (including phenoxy) is 2. The Hall–Kier alpha value is -3.22. The summed E-state index contributed by atoms with van der Waals surface area (Å²) in [6.07, 6.45) is 4.35. The van der Waals surface area contributed by atoms with E-state index in [4.69, 9.17) is 9.47 Å². The Morgan fingerprint density at radius 2 is 1.90 bits per heavy atom. The van der Waals surface area contributed by atoms with Crippen LogP contribution in [0.25, 0.3) is 0 Å². The Morgan fingerprint density at radius 3 is 2.74 bits per heavy atom. The molecule has 0 aromatic heterocycles. The highest BCUT2D eigenvalue weighted by molar-refractivity contribution is 6.08. The molecule has 1 unspecified atom stereocenters. The predicted molar refractivity (Wildman–Crippen MR) is 118 cm³/mol. The van der Waals surface area contributed by atoms with Crippen LogP contribution in [0.2, 0.25) is 0 Å². The van der Waals surface area contributed by atoms with Crippen molar-refractivity contribution in [3.8, 4) is 11.5 Å². The zero-order valence-electron chi connectivity index (χ0n) is 17.7. The van der Waals surface area contributed by atoms with E-state index in [9.17, 15) is 9.59 Å². The van der Waals surface area contributed by atoms with Gasteiger partial charge in [0.05, 0.1) is 11.3 Å². The molecule has 1 atom stereocenters. The smallest absolute Gasteiger partial charge is 0.257 e. The van der Waals surface area contributed by atoms with Crippen molar-refractivity contribution in [1.29, 1.82) is 0 Å². The fraction of sp³-hybridized carbons (Fsp3) is 0.417. The van der Waals surface area contributed by atoms with E-state index in [0.29, 0.717) is 41.5 Å². The lowest BCUT2D eigenvalue weighted by molar-refractivity contribution is 0.0656. The molecule has 3 heterocycles. The first-order chi connectivity index (χ1) is 15.2. The van der Waals surface area contributed by atoms with E-state index in [1.165, 1.54) is 0 Å². The van der Waals surface area contributed by atoms with Gasteiger partial charge in [-0.25, -0.2) is 0 Å². The van der Waals surface area contributed by atoms with Crippen molar-refractivity contribution in [2.75, 3.05) is 36.5 Å². The number of amides is 2. The molecule has 0 spiro atoms. The summed E-state index contributed by atoms with van der Waals surface area (Å²) in [7, 11) is 0. The van der Waals surface area contributed by atoms with Crippen LogP contribution in [0, 0.1) is 0 Å². The van der Waals surface area contributed by atoms with Gasteiger partial charge in [-0.1, -0.05) is 6.42 Å². The molecule has 162 valence electrons. The van der Waals surface area contributed by atoms with Gasteiger partial charge in [0.2, 0.25) is 0 Å². The maximum absolute atomic E-state index is 13.1. The zero-order chi connectivity index (χ0) is 21.4. The number of fused-ring (bicyclic) bond motifs is 3. The van der Waals surface area contributed by atoms with Gasteiger partial charge in [0.25, 0.3) is 11.8 Å². The standard InChI is InChI=1S/C24H27N3O4/c1-2-26-19-14-16(7-9-18(19)24(29)27-11-5-3-4-6-22(26)27)23(28)25-17-8-10-20-21(15-17)31-13-12-30-20/h7-10,14-15,22H,2-6,11-13H2,1H3,(H,25,28). The molecule has 5 rings (SSSR count). The number of hydrogen-bond donors (Lipinski definition) is 1. The Labute approximate surface area is 181 Å². The largest absolute Gasteiger partial charge is 0.486 e. The highest BCUT2D eigenvalue weighted by atomic mass is 16.6. The predicted octanol–water partition coefficient (Wildman–Crippen LogP) is 3.89. The van der Waals surface area contributed by atoms with Crippen LogP contribution < -0.4 is 19.7 Å². The highest BCUT2D eigenvalue weighted by Gasteiger charge is 2.37. The Kier molecular flexibility index (Phi) is 5.18. The average molecular weight is 421 g/mol. The number of nitrogens with zero attached hydrogens (tertiary/aromatic N) is 2. The number of anilines is 2. The fourth-order valence-electron chi connectivity index (χ4n) is 4.76. The van der Waals surface area contributed by atoms with Crippen LogP contribution in [0.5, 0.6) is 11.5 Å². The molecule has 0 saturated carbocycles. The molecular weight excluding hydrogens is 394 g/mol. The van der Waals surface area contributed by atoms with E-state index in [1.54, 1.807) is 30.3 Å². The summed E-state index contributed by atoms with van der Waals surface area (Å²) in [6.45, 7) is 4.71. The van der Waals surface area contributed by atoms with Gasteiger partial charge in [0, 0.05) is 30.4 Å². The second-order valence-corrected chi connectivity index (χ2v) is 8.16. The second kappa shape index (κ2) is 8.13. The van der Waals surface area contributed by atoms with Crippen molar-refractivity contribution in [1.82, 2.24) is 4.90 Å². The number of benzene rings is 2. The van der Waals surface area contributed by atoms with Crippen LogP contribution >= 0.6 is 0 Å². The van der Waals surface area contributed by atoms with Gasteiger partial charge >= 0.3 is 0 Å². The first-order valence-corrected chi connectivity index (χ1v) is 11.1. The van der Waals surface area contributed by atoms with Gasteiger partial charge in [-0.15, -0.1) is 0 Å². The lowest BCUT2D eigenvalue weighted by Gasteiger charge is -2.44. The van der Waals surface area contributed by atoms with Crippen molar-refractivity contribution in [3.05, 3.63) is 47.5 Å². The van der Waals surface area contributed by atoms with Crippen molar-refractivity contribution in [2.45, 2.75) is 38.8 Å². The summed E-state index contributed by atoms with van der Waals surface area (Å²) in [5.41, 5.74) is 2.70. The van der Waals surface area contributed by atoms with Crippen molar-refractivity contribution < 1.29 is 19.1 Å². The molecule has 0 bridgehead atoms. The van der Waals surface area contributed by atoms with E-state index in [1.807, 2.05) is 11.0 Å². The van der Waals surface area contributed by atoms with Gasteiger partial charge in [0.15, 0.2) is 11.5 Å². The van der Waals surface area contributed by atoms with E-state index in [0.717, 1.165) is 44.5 Å². The first-order valence-electron chi connectivity index (χ1n) is 11.1. The molecule has 7 nitrogen and oxygen atoms in total. The number of nitrogens with one attached hydrogen (secondary N) is 1. The van der Waals surface area contributed by atoms with Crippen LogP contribution in [-0.4, -0.2) is 49.2 Å². The number of hydrogen-bond acceptors (Lipinski definition) is 5. The van der Waals surface area contributed by atoms with Crippen molar-refractivity contribution in [3.63, 3.8) is 0 Å². The maximum atomic E-state index is 13.1. The first kappa shape index (κ1) is 19.7. The van der Waals surface area contributed by atoms with Crippen molar-refractivity contribution >= 4 is 23.2 Å². The summed E-state index contributed by atoms with van der Waals surface area (Å²) in [4.78, 5) is 30.4. The number of rotatable bonds is 3. The lowest BCUT2D eigenvalue weighted by Crippen LogP contribution is -2.55. The molecule has 2 amide bonds. The minimum Gasteiger partial charge on any atom is -0.486 e. The lowest BCUT2D eigenvalue weighted by atomic mass is 10.0. The van der Waals surface area contributed by atoms with Gasteiger partial charge < -0.3 is 24.6 Å². The monoisotopic (exact) mass is 421 g/mol. The average Bonchev–Trinajstić information content (AvgIpc) is 3.05.